The van der Waals surface area contributed by atoms with Gasteiger partial charge in [0, 0.05) is 32.6 Å². The topological polar surface area (TPSA) is 27.8 Å². The Morgan fingerprint density at radius 1 is 0.511 bits per heavy atom. The quantitative estimate of drug-likeness (QED) is 0.190. The Morgan fingerprint density at radius 2 is 1.16 bits per heavy atom. The standard InChI is InChI=1S/C40H31BN2O2/c1-39(2)40(3,4)45-41(44-39)30-22-21-28-27-14-9-16-32-36(27)37-33(42(32)26-20-19-24-11-5-6-12-25(24)23-26)17-10-18-34(37)43-31-15-8-7-13-29(31)35(30)38(28)43/h5-23H,1-4H3. The monoisotopic (exact) mass is 582 g/mol. The Morgan fingerprint density at radius 3 is 1.98 bits per heavy atom. The summed E-state index contributed by atoms with van der Waals surface area (Å²) in [5, 5.41) is 9.92. The second-order valence-electron chi connectivity index (χ2n) is 13.6. The van der Waals surface area contributed by atoms with Gasteiger partial charge in [0.1, 0.15) is 0 Å². The van der Waals surface area contributed by atoms with E-state index in [2.05, 4.69) is 152 Å². The first-order valence-corrected chi connectivity index (χ1v) is 15.8. The average molecular weight is 583 g/mol. The van der Waals surface area contributed by atoms with Gasteiger partial charge in [-0.15, -0.1) is 0 Å². The van der Waals surface area contributed by atoms with Crippen molar-refractivity contribution in [2.75, 3.05) is 0 Å². The van der Waals surface area contributed by atoms with Crippen molar-refractivity contribution < 1.29 is 9.31 Å². The molecule has 1 fully saturated rings. The smallest absolute Gasteiger partial charge is 0.399 e. The van der Waals surface area contributed by atoms with Gasteiger partial charge in [-0.1, -0.05) is 78.9 Å². The highest BCUT2D eigenvalue weighted by Crippen LogP contribution is 2.45. The summed E-state index contributed by atoms with van der Waals surface area (Å²) >= 11 is 0. The molecule has 5 heteroatoms. The van der Waals surface area contributed by atoms with Gasteiger partial charge in [0.15, 0.2) is 0 Å². The Bertz CT molecular complexity index is 2660. The third-order valence-electron chi connectivity index (χ3n) is 10.7. The van der Waals surface area contributed by atoms with Crippen molar-refractivity contribution in [3.63, 3.8) is 0 Å². The number of hydrogen-bond donors (Lipinski definition) is 0. The lowest BCUT2D eigenvalue weighted by atomic mass is 9.76. The lowest BCUT2D eigenvalue weighted by molar-refractivity contribution is 0.00578. The highest BCUT2D eigenvalue weighted by molar-refractivity contribution is 6.66. The molecule has 0 spiro atoms. The molecular formula is C40H31BN2O2. The Kier molecular flexibility index (Phi) is 4.79. The van der Waals surface area contributed by atoms with Gasteiger partial charge in [-0.05, 0) is 85.7 Å². The molecular weight excluding hydrogens is 551 g/mol. The van der Waals surface area contributed by atoms with E-state index in [9.17, 15) is 0 Å². The van der Waals surface area contributed by atoms with Crippen molar-refractivity contribution in [3.05, 3.63) is 115 Å². The average Bonchev–Trinajstić information content (AvgIpc) is 3.61. The summed E-state index contributed by atoms with van der Waals surface area (Å²) in [5.74, 6) is 0. The summed E-state index contributed by atoms with van der Waals surface area (Å²) < 4.78 is 18.3. The lowest BCUT2D eigenvalue weighted by Crippen LogP contribution is -2.41. The fraction of sp³-hybridized carbons (Fsp3) is 0.150. The van der Waals surface area contributed by atoms with Crippen molar-refractivity contribution in [1.82, 2.24) is 8.97 Å². The molecule has 4 nitrogen and oxygen atoms in total. The summed E-state index contributed by atoms with van der Waals surface area (Å²) in [6.07, 6.45) is 0. The van der Waals surface area contributed by atoms with E-state index in [1.54, 1.807) is 0 Å². The third-order valence-corrected chi connectivity index (χ3v) is 10.7. The molecule has 0 saturated carbocycles. The molecule has 0 amide bonds. The van der Waals surface area contributed by atoms with Crippen molar-refractivity contribution in [3.8, 4) is 5.69 Å². The van der Waals surface area contributed by atoms with E-state index in [0.717, 1.165) is 5.46 Å². The molecule has 1 aliphatic rings. The third kappa shape index (κ3) is 3.19. The summed E-state index contributed by atoms with van der Waals surface area (Å²) in [5.41, 5.74) is 7.40. The zero-order valence-electron chi connectivity index (χ0n) is 25.8. The predicted molar refractivity (Wildman–Crippen MR) is 189 cm³/mol. The molecule has 216 valence electrons. The fourth-order valence-corrected chi connectivity index (χ4v) is 7.85. The van der Waals surface area contributed by atoms with Crippen molar-refractivity contribution >= 4 is 83.3 Å². The van der Waals surface area contributed by atoms with Crippen LogP contribution in [0.4, 0.5) is 0 Å². The zero-order chi connectivity index (χ0) is 30.2. The lowest BCUT2D eigenvalue weighted by Gasteiger charge is -2.32. The molecule has 4 heterocycles. The Hall–Kier alpha value is -4.84. The van der Waals surface area contributed by atoms with E-state index >= 15 is 0 Å². The number of para-hydroxylation sites is 1. The van der Waals surface area contributed by atoms with Crippen LogP contribution >= 0.6 is 0 Å². The largest absolute Gasteiger partial charge is 0.495 e. The maximum absolute atomic E-state index is 6.66. The molecule has 45 heavy (non-hydrogen) atoms. The number of benzene rings is 6. The minimum atomic E-state index is -0.459. The molecule has 0 N–H and O–H groups in total. The van der Waals surface area contributed by atoms with Gasteiger partial charge in [0.05, 0.1) is 38.8 Å². The molecule has 10 rings (SSSR count). The van der Waals surface area contributed by atoms with E-state index in [1.165, 1.54) is 76.4 Å². The summed E-state index contributed by atoms with van der Waals surface area (Å²) in [4.78, 5) is 0. The minimum absolute atomic E-state index is 0.426. The van der Waals surface area contributed by atoms with E-state index in [-0.39, 0.29) is 0 Å². The predicted octanol–water partition coefficient (Wildman–Crippen LogP) is 9.39. The molecule has 6 aromatic carbocycles. The van der Waals surface area contributed by atoms with Crippen LogP contribution in [0.25, 0.3) is 76.4 Å². The normalized spacial score (nSPS) is 16.6. The van der Waals surface area contributed by atoms with Crippen LogP contribution in [0.5, 0.6) is 0 Å². The number of rotatable bonds is 2. The van der Waals surface area contributed by atoms with Crippen LogP contribution in [0.2, 0.25) is 0 Å². The number of aromatic nitrogens is 2. The van der Waals surface area contributed by atoms with Crippen LogP contribution in [-0.2, 0) is 9.31 Å². The van der Waals surface area contributed by atoms with Crippen LogP contribution in [0.1, 0.15) is 27.7 Å². The highest BCUT2D eigenvalue weighted by Gasteiger charge is 2.52. The fourth-order valence-electron chi connectivity index (χ4n) is 7.85. The Labute approximate surface area is 260 Å². The highest BCUT2D eigenvalue weighted by atomic mass is 16.7. The van der Waals surface area contributed by atoms with Gasteiger partial charge < -0.3 is 18.3 Å². The molecule has 9 aromatic rings. The van der Waals surface area contributed by atoms with Crippen LogP contribution in [0, 0.1) is 0 Å². The van der Waals surface area contributed by atoms with Gasteiger partial charge in [0.25, 0.3) is 0 Å². The minimum Gasteiger partial charge on any atom is -0.399 e. The Balaban J connectivity index is 1.40. The number of nitrogens with zero attached hydrogens (tertiary/aromatic N) is 2. The van der Waals surface area contributed by atoms with Crippen LogP contribution in [0.15, 0.2) is 115 Å². The van der Waals surface area contributed by atoms with Gasteiger partial charge >= 0.3 is 7.12 Å². The molecule has 3 aromatic heterocycles. The molecule has 0 aliphatic carbocycles. The van der Waals surface area contributed by atoms with Gasteiger partial charge in [0.2, 0.25) is 0 Å². The van der Waals surface area contributed by atoms with Gasteiger partial charge in [-0.3, -0.25) is 0 Å². The van der Waals surface area contributed by atoms with Crippen molar-refractivity contribution in [1.29, 1.82) is 0 Å². The number of fused-ring (bicyclic) bond motifs is 6. The van der Waals surface area contributed by atoms with Crippen molar-refractivity contribution in [2.45, 2.75) is 38.9 Å². The summed E-state index contributed by atoms with van der Waals surface area (Å²) in [6, 6.07) is 42.2. The van der Waals surface area contributed by atoms with E-state index < -0.39 is 18.3 Å². The van der Waals surface area contributed by atoms with E-state index in [0.29, 0.717) is 0 Å². The molecule has 0 bridgehead atoms. The molecule has 0 unspecified atom stereocenters. The number of hydrogen-bond acceptors (Lipinski definition) is 2. The molecule has 0 radical (unpaired) electrons. The second-order valence-corrected chi connectivity index (χ2v) is 13.6. The zero-order valence-corrected chi connectivity index (χ0v) is 25.8. The first kappa shape index (κ1) is 25.5. The van der Waals surface area contributed by atoms with Crippen LogP contribution in [0.3, 0.4) is 0 Å². The molecule has 1 aliphatic heterocycles. The van der Waals surface area contributed by atoms with E-state index in [4.69, 9.17) is 9.31 Å². The van der Waals surface area contributed by atoms with Crippen LogP contribution < -0.4 is 5.46 Å². The van der Waals surface area contributed by atoms with Crippen molar-refractivity contribution in [2.24, 2.45) is 0 Å². The molecule has 0 atom stereocenters. The van der Waals surface area contributed by atoms with Crippen LogP contribution in [-0.4, -0.2) is 27.3 Å². The molecule has 1 saturated heterocycles. The first-order chi connectivity index (χ1) is 21.8. The maximum atomic E-state index is 6.66. The van der Waals surface area contributed by atoms with E-state index in [1.807, 2.05) is 0 Å². The SMILES string of the molecule is CC1(C)OB(c2ccc3c4cccc5c4c4c(cccc4n4c6ccccc6c2c34)n5-c2ccc3ccccc3c2)OC1(C)C. The first-order valence-electron chi connectivity index (χ1n) is 15.8. The summed E-state index contributed by atoms with van der Waals surface area (Å²) in [6.45, 7) is 8.50. The summed E-state index contributed by atoms with van der Waals surface area (Å²) in [7, 11) is -0.459. The van der Waals surface area contributed by atoms with Gasteiger partial charge in [-0.25, -0.2) is 0 Å². The second kappa shape index (κ2) is 8.45. The van der Waals surface area contributed by atoms with Gasteiger partial charge in [-0.2, -0.15) is 0 Å². The maximum Gasteiger partial charge on any atom is 0.495 e.